The molecule has 0 saturated heterocycles. The SMILES string of the molecule is Cc1ccc(-c2ccnc(NC(C)c3nnc(N)s3)n2)c(C)n1. The van der Waals surface area contributed by atoms with E-state index in [0.717, 1.165) is 27.7 Å². The van der Waals surface area contributed by atoms with Crippen molar-refractivity contribution >= 4 is 22.4 Å². The molecule has 0 aliphatic carbocycles. The first-order valence-corrected chi connectivity index (χ1v) is 7.97. The summed E-state index contributed by atoms with van der Waals surface area (Å²) in [6, 6.07) is 5.80. The van der Waals surface area contributed by atoms with Crippen molar-refractivity contribution in [2.75, 3.05) is 11.1 Å². The van der Waals surface area contributed by atoms with Crippen molar-refractivity contribution in [3.8, 4) is 11.3 Å². The maximum Gasteiger partial charge on any atom is 0.223 e. The van der Waals surface area contributed by atoms with E-state index in [1.54, 1.807) is 6.20 Å². The van der Waals surface area contributed by atoms with Gasteiger partial charge in [0.25, 0.3) is 0 Å². The lowest BCUT2D eigenvalue weighted by Crippen LogP contribution is -2.09. The highest BCUT2D eigenvalue weighted by Gasteiger charge is 2.13. The van der Waals surface area contributed by atoms with Gasteiger partial charge >= 0.3 is 0 Å². The van der Waals surface area contributed by atoms with E-state index in [-0.39, 0.29) is 6.04 Å². The van der Waals surface area contributed by atoms with E-state index in [4.69, 9.17) is 5.73 Å². The third-order valence-electron chi connectivity index (χ3n) is 3.33. The molecule has 3 N–H and O–H groups in total. The van der Waals surface area contributed by atoms with Crippen LogP contribution in [0.15, 0.2) is 24.4 Å². The predicted octanol–water partition coefficient (Wildman–Crippen LogP) is 2.76. The smallest absolute Gasteiger partial charge is 0.223 e. The highest BCUT2D eigenvalue weighted by Crippen LogP contribution is 2.24. The van der Waals surface area contributed by atoms with Gasteiger partial charge in [-0.2, -0.15) is 0 Å². The molecule has 3 heterocycles. The Kier molecular flexibility index (Phi) is 4.16. The molecule has 0 aliphatic rings. The second-order valence-electron chi connectivity index (χ2n) is 5.20. The van der Waals surface area contributed by atoms with Crippen molar-refractivity contribution in [3.63, 3.8) is 0 Å². The first-order valence-electron chi connectivity index (χ1n) is 7.16. The fourth-order valence-corrected chi connectivity index (χ4v) is 2.83. The van der Waals surface area contributed by atoms with Gasteiger partial charge in [0.1, 0.15) is 5.01 Å². The number of anilines is 2. The summed E-state index contributed by atoms with van der Waals surface area (Å²) in [6.45, 7) is 5.91. The number of hydrogen-bond donors (Lipinski definition) is 2. The van der Waals surface area contributed by atoms with E-state index in [1.165, 1.54) is 11.3 Å². The average molecular weight is 327 g/mol. The van der Waals surface area contributed by atoms with Crippen LogP contribution < -0.4 is 11.1 Å². The van der Waals surface area contributed by atoms with E-state index in [1.807, 2.05) is 39.0 Å². The Morgan fingerprint density at radius 3 is 2.65 bits per heavy atom. The first kappa shape index (κ1) is 15.3. The Morgan fingerprint density at radius 1 is 1.13 bits per heavy atom. The van der Waals surface area contributed by atoms with Crippen LogP contribution in [0, 0.1) is 13.8 Å². The summed E-state index contributed by atoms with van der Waals surface area (Å²) < 4.78 is 0. The first-order chi connectivity index (χ1) is 11.0. The average Bonchev–Trinajstić information content (AvgIpc) is 2.94. The van der Waals surface area contributed by atoms with Crippen LogP contribution in [0.3, 0.4) is 0 Å². The summed E-state index contributed by atoms with van der Waals surface area (Å²) in [4.78, 5) is 13.3. The monoisotopic (exact) mass is 327 g/mol. The summed E-state index contributed by atoms with van der Waals surface area (Å²) in [5, 5.41) is 12.3. The Bertz CT molecular complexity index is 830. The number of nitrogen functional groups attached to an aromatic ring is 1. The van der Waals surface area contributed by atoms with Crippen molar-refractivity contribution in [3.05, 3.63) is 40.8 Å². The van der Waals surface area contributed by atoms with Gasteiger partial charge in [0.2, 0.25) is 11.1 Å². The molecule has 0 amide bonds. The molecule has 0 spiro atoms. The van der Waals surface area contributed by atoms with Crippen LogP contribution in [0.5, 0.6) is 0 Å². The van der Waals surface area contributed by atoms with Gasteiger partial charge in [-0.1, -0.05) is 11.3 Å². The highest BCUT2D eigenvalue weighted by molar-refractivity contribution is 7.15. The van der Waals surface area contributed by atoms with Gasteiger partial charge in [-0.25, -0.2) is 9.97 Å². The zero-order valence-electron chi connectivity index (χ0n) is 13.1. The van der Waals surface area contributed by atoms with Gasteiger partial charge in [-0.3, -0.25) is 4.98 Å². The van der Waals surface area contributed by atoms with E-state index in [0.29, 0.717) is 11.1 Å². The lowest BCUT2D eigenvalue weighted by atomic mass is 10.1. The Morgan fingerprint density at radius 2 is 1.96 bits per heavy atom. The minimum atomic E-state index is -0.0720. The highest BCUT2D eigenvalue weighted by atomic mass is 32.1. The molecule has 118 valence electrons. The normalized spacial score (nSPS) is 12.1. The molecule has 23 heavy (non-hydrogen) atoms. The van der Waals surface area contributed by atoms with Gasteiger partial charge in [0, 0.05) is 23.1 Å². The minimum Gasteiger partial charge on any atom is -0.374 e. The van der Waals surface area contributed by atoms with E-state index in [2.05, 4.69) is 30.5 Å². The van der Waals surface area contributed by atoms with Crippen LogP contribution in [-0.2, 0) is 0 Å². The number of nitrogens with zero attached hydrogens (tertiary/aromatic N) is 5. The van der Waals surface area contributed by atoms with Crippen molar-refractivity contribution in [1.29, 1.82) is 0 Å². The van der Waals surface area contributed by atoms with Gasteiger partial charge in [-0.15, -0.1) is 10.2 Å². The molecule has 0 radical (unpaired) electrons. The van der Waals surface area contributed by atoms with Crippen molar-refractivity contribution in [2.24, 2.45) is 0 Å². The molecule has 0 fully saturated rings. The molecule has 3 rings (SSSR count). The molecule has 3 aromatic rings. The third-order valence-corrected chi connectivity index (χ3v) is 4.26. The number of hydrogen-bond acceptors (Lipinski definition) is 8. The number of nitrogens with one attached hydrogen (secondary N) is 1. The quantitative estimate of drug-likeness (QED) is 0.759. The molecule has 3 aromatic heterocycles. The summed E-state index contributed by atoms with van der Waals surface area (Å²) in [7, 11) is 0. The van der Waals surface area contributed by atoms with E-state index in [9.17, 15) is 0 Å². The zero-order chi connectivity index (χ0) is 16.4. The molecular weight excluding hydrogens is 310 g/mol. The van der Waals surface area contributed by atoms with Crippen LogP contribution in [0.25, 0.3) is 11.3 Å². The maximum atomic E-state index is 5.62. The Labute approximate surface area is 138 Å². The van der Waals surface area contributed by atoms with Crippen molar-refractivity contribution < 1.29 is 0 Å². The molecule has 1 atom stereocenters. The number of nitrogens with two attached hydrogens (primary N) is 1. The predicted molar refractivity (Wildman–Crippen MR) is 91.1 cm³/mol. The van der Waals surface area contributed by atoms with Crippen LogP contribution in [-0.4, -0.2) is 25.1 Å². The molecule has 7 nitrogen and oxygen atoms in total. The molecule has 0 aliphatic heterocycles. The summed E-state index contributed by atoms with van der Waals surface area (Å²) in [6.07, 6.45) is 1.73. The molecule has 1 unspecified atom stereocenters. The van der Waals surface area contributed by atoms with Crippen LogP contribution in [0.4, 0.5) is 11.1 Å². The minimum absolute atomic E-state index is 0.0720. The number of aromatic nitrogens is 5. The van der Waals surface area contributed by atoms with Gasteiger partial charge in [-0.05, 0) is 39.0 Å². The molecular formula is C15H17N7S. The van der Waals surface area contributed by atoms with Crippen molar-refractivity contribution in [1.82, 2.24) is 25.1 Å². The third kappa shape index (κ3) is 3.42. The number of rotatable bonds is 4. The maximum absolute atomic E-state index is 5.62. The van der Waals surface area contributed by atoms with Crippen LogP contribution in [0.2, 0.25) is 0 Å². The topological polar surface area (TPSA) is 102 Å². The van der Waals surface area contributed by atoms with Gasteiger partial charge < -0.3 is 11.1 Å². The summed E-state index contributed by atoms with van der Waals surface area (Å²) in [5.41, 5.74) is 9.37. The summed E-state index contributed by atoms with van der Waals surface area (Å²) >= 11 is 1.35. The molecule has 0 saturated carbocycles. The standard InChI is InChI=1S/C15H17N7S/c1-8-4-5-11(9(2)18-8)12-6-7-17-15(20-12)19-10(3)13-21-22-14(16)23-13/h4-7,10H,1-3H3,(H2,16,22)(H,17,19,20). The van der Waals surface area contributed by atoms with Crippen LogP contribution >= 0.6 is 11.3 Å². The largest absolute Gasteiger partial charge is 0.374 e. The fourth-order valence-electron chi connectivity index (χ4n) is 2.21. The fraction of sp³-hybridized carbons (Fsp3) is 0.267. The molecule has 0 bridgehead atoms. The summed E-state index contributed by atoms with van der Waals surface area (Å²) in [5.74, 6) is 0.531. The second-order valence-corrected chi connectivity index (χ2v) is 6.24. The lowest BCUT2D eigenvalue weighted by molar-refractivity contribution is 0.824. The van der Waals surface area contributed by atoms with Crippen LogP contribution in [0.1, 0.15) is 29.4 Å². The lowest BCUT2D eigenvalue weighted by Gasteiger charge is -2.12. The van der Waals surface area contributed by atoms with Crippen molar-refractivity contribution in [2.45, 2.75) is 26.8 Å². The number of pyridine rings is 1. The number of aryl methyl sites for hydroxylation is 2. The van der Waals surface area contributed by atoms with Gasteiger partial charge in [0.15, 0.2) is 0 Å². The Hall–Kier alpha value is -2.61. The Balaban J connectivity index is 1.85. The second kappa shape index (κ2) is 6.25. The molecule has 0 aromatic carbocycles. The molecule has 8 heteroatoms. The zero-order valence-corrected chi connectivity index (χ0v) is 13.9. The van der Waals surface area contributed by atoms with E-state index >= 15 is 0 Å². The van der Waals surface area contributed by atoms with Gasteiger partial charge in [0.05, 0.1) is 11.7 Å². The van der Waals surface area contributed by atoms with E-state index < -0.39 is 0 Å².